The van der Waals surface area contributed by atoms with Crippen molar-refractivity contribution in [2.45, 2.75) is 39.2 Å². The second-order valence-corrected chi connectivity index (χ2v) is 7.78. The van der Waals surface area contributed by atoms with Gasteiger partial charge in [0.15, 0.2) is 0 Å². The molecule has 0 aromatic rings. The standard InChI is InChI=1S/C13H29N3O2S/c1-12(2)14-8-11-19(17,18)15-7-4-13-5-9-16(3)10-6-13/h12-15H,4-11H2,1-3H3. The molecule has 5 nitrogen and oxygen atoms in total. The lowest BCUT2D eigenvalue weighted by atomic mass is 9.94. The van der Waals surface area contributed by atoms with Crippen molar-refractivity contribution >= 4 is 10.0 Å². The van der Waals surface area contributed by atoms with E-state index in [2.05, 4.69) is 22.0 Å². The average molecular weight is 291 g/mol. The molecule has 1 saturated heterocycles. The van der Waals surface area contributed by atoms with E-state index in [0.717, 1.165) is 19.5 Å². The zero-order valence-corrected chi connectivity index (χ0v) is 13.3. The molecule has 2 N–H and O–H groups in total. The Morgan fingerprint density at radius 1 is 1.21 bits per heavy atom. The van der Waals surface area contributed by atoms with Gasteiger partial charge in [0, 0.05) is 19.1 Å². The summed E-state index contributed by atoms with van der Waals surface area (Å²) in [5.41, 5.74) is 0. The van der Waals surface area contributed by atoms with Gasteiger partial charge in [-0.1, -0.05) is 13.8 Å². The minimum Gasteiger partial charge on any atom is -0.313 e. The summed E-state index contributed by atoms with van der Waals surface area (Å²) >= 11 is 0. The Hall–Kier alpha value is -0.170. The number of nitrogens with one attached hydrogen (secondary N) is 2. The fraction of sp³-hybridized carbons (Fsp3) is 1.00. The Balaban J connectivity index is 2.13. The largest absolute Gasteiger partial charge is 0.313 e. The summed E-state index contributed by atoms with van der Waals surface area (Å²) in [6, 6.07) is 0.328. The number of hydrogen-bond acceptors (Lipinski definition) is 4. The highest BCUT2D eigenvalue weighted by molar-refractivity contribution is 7.89. The lowest BCUT2D eigenvalue weighted by Gasteiger charge is -2.28. The van der Waals surface area contributed by atoms with Crippen molar-refractivity contribution in [3.8, 4) is 0 Å². The van der Waals surface area contributed by atoms with E-state index in [4.69, 9.17) is 0 Å². The molecule has 1 heterocycles. The summed E-state index contributed by atoms with van der Waals surface area (Å²) in [7, 11) is -0.972. The molecule has 0 aromatic heterocycles. The molecule has 0 radical (unpaired) electrons. The van der Waals surface area contributed by atoms with Crippen molar-refractivity contribution in [1.82, 2.24) is 14.9 Å². The van der Waals surface area contributed by atoms with Crippen LogP contribution in [0.2, 0.25) is 0 Å². The molecule has 0 aromatic carbocycles. The van der Waals surface area contributed by atoms with Crippen molar-refractivity contribution in [2.75, 3.05) is 39.0 Å². The number of nitrogens with zero attached hydrogens (tertiary/aromatic N) is 1. The van der Waals surface area contributed by atoms with Gasteiger partial charge in [0.2, 0.25) is 10.0 Å². The average Bonchev–Trinajstić information content (AvgIpc) is 2.30. The minimum absolute atomic E-state index is 0.165. The van der Waals surface area contributed by atoms with Crippen LogP contribution in [0.15, 0.2) is 0 Å². The van der Waals surface area contributed by atoms with Crippen LogP contribution < -0.4 is 10.0 Å². The van der Waals surface area contributed by atoms with Gasteiger partial charge in [-0.25, -0.2) is 13.1 Å². The smallest absolute Gasteiger partial charge is 0.212 e. The molecule has 0 aliphatic carbocycles. The van der Waals surface area contributed by atoms with E-state index >= 15 is 0 Å². The SMILES string of the molecule is CC(C)NCCS(=O)(=O)NCCC1CCN(C)CC1. The third-order valence-corrected chi connectivity index (χ3v) is 5.02. The Kier molecular flexibility index (Phi) is 7.28. The van der Waals surface area contributed by atoms with Gasteiger partial charge in [-0.15, -0.1) is 0 Å². The lowest BCUT2D eigenvalue weighted by molar-refractivity contribution is 0.213. The van der Waals surface area contributed by atoms with Gasteiger partial charge in [0.05, 0.1) is 5.75 Å². The molecule has 1 rings (SSSR count). The minimum atomic E-state index is -3.11. The van der Waals surface area contributed by atoms with Crippen LogP contribution in [0, 0.1) is 5.92 Å². The van der Waals surface area contributed by atoms with Gasteiger partial charge in [0.1, 0.15) is 0 Å². The number of hydrogen-bond donors (Lipinski definition) is 2. The molecule has 0 spiro atoms. The van der Waals surface area contributed by atoms with Crippen LogP contribution in [0.4, 0.5) is 0 Å². The first-order valence-electron chi connectivity index (χ1n) is 7.28. The maximum absolute atomic E-state index is 11.7. The highest BCUT2D eigenvalue weighted by Crippen LogP contribution is 2.18. The van der Waals surface area contributed by atoms with Crippen molar-refractivity contribution < 1.29 is 8.42 Å². The molecule has 6 heteroatoms. The highest BCUT2D eigenvalue weighted by Gasteiger charge is 2.17. The molecular formula is C13H29N3O2S. The van der Waals surface area contributed by atoms with Crippen molar-refractivity contribution in [2.24, 2.45) is 5.92 Å². The van der Waals surface area contributed by atoms with Gasteiger partial charge in [0.25, 0.3) is 0 Å². The maximum Gasteiger partial charge on any atom is 0.212 e. The summed E-state index contributed by atoms with van der Waals surface area (Å²) in [5, 5.41) is 3.12. The van der Waals surface area contributed by atoms with E-state index in [-0.39, 0.29) is 5.75 Å². The third-order valence-electron chi connectivity index (χ3n) is 3.64. The Bertz CT molecular complexity index is 336. The second kappa shape index (κ2) is 8.19. The van der Waals surface area contributed by atoms with Gasteiger partial charge >= 0.3 is 0 Å². The summed E-state index contributed by atoms with van der Waals surface area (Å²) < 4.78 is 26.2. The van der Waals surface area contributed by atoms with Crippen LogP contribution in [0.1, 0.15) is 33.1 Å². The first kappa shape index (κ1) is 16.9. The second-order valence-electron chi connectivity index (χ2n) is 5.86. The molecule has 0 atom stereocenters. The van der Waals surface area contributed by atoms with E-state index in [0.29, 0.717) is 25.0 Å². The zero-order chi connectivity index (χ0) is 14.3. The molecule has 0 saturated carbocycles. The predicted octanol–water partition coefficient (Wildman–Crippen LogP) is 0.636. The van der Waals surface area contributed by atoms with Crippen LogP contribution in [-0.2, 0) is 10.0 Å². The predicted molar refractivity (Wildman–Crippen MR) is 79.8 cm³/mol. The summed E-state index contributed by atoms with van der Waals surface area (Å²) in [6.45, 7) is 7.39. The van der Waals surface area contributed by atoms with Crippen molar-refractivity contribution in [1.29, 1.82) is 0 Å². The molecule has 1 aliphatic heterocycles. The molecule has 1 fully saturated rings. The topological polar surface area (TPSA) is 61.4 Å². The van der Waals surface area contributed by atoms with Crippen LogP contribution >= 0.6 is 0 Å². The Labute approximate surface area is 118 Å². The lowest BCUT2D eigenvalue weighted by Crippen LogP contribution is -2.36. The number of sulfonamides is 1. The third kappa shape index (κ3) is 7.87. The fourth-order valence-corrected chi connectivity index (χ4v) is 3.28. The number of rotatable bonds is 8. The summed E-state index contributed by atoms with van der Waals surface area (Å²) in [5.74, 6) is 0.839. The summed E-state index contributed by atoms with van der Waals surface area (Å²) in [4.78, 5) is 2.33. The molecule has 1 aliphatic rings. The quantitative estimate of drug-likeness (QED) is 0.689. The Morgan fingerprint density at radius 2 is 1.84 bits per heavy atom. The van der Waals surface area contributed by atoms with Gasteiger partial charge in [-0.05, 0) is 45.3 Å². The van der Waals surface area contributed by atoms with E-state index in [9.17, 15) is 8.42 Å². The molecule has 0 amide bonds. The van der Waals surface area contributed by atoms with Crippen molar-refractivity contribution in [3.63, 3.8) is 0 Å². The van der Waals surface area contributed by atoms with E-state index in [1.54, 1.807) is 0 Å². The highest BCUT2D eigenvalue weighted by atomic mass is 32.2. The molecular weight excluding hydrogens is 262 g/mol. The van der Waals surface area contributed by atoms with Gasteiger partial charge in [-0.2, -0.15) is 0 Å². The van der Waals surface area contributed by atoms with Gasteiger partial charge in [-0.3, -0.25) is 0 Å². The first-order chi connectivity index (χ1) is 8.89. The monoisotopic (exact) mass is 291 g/mol. The normalized spacial score (nSPS) is 19.2. The number of piperidine rings is 1. The van der Waals surface area contributed by atoms with Crippen LogP contribution in [-0.4, -0.2) is 58.3 Å². The first-order valence-corrected chi connectivity index (χ1v) is 8.93. The maximum atomic E-state index is 11.7. The zero-order valence-electron chi connectivity index (χ0n) is 12.5. The van der Waals surface area contributed by atoms with E-state index in [1.807, 2.05) is 13.8 Å². The fourth-order valence-electron chi connectivity index (χ4n) is 2.32. The van der Waals surface area contributed by atoms with Crippen LogP contribution in [0.3, 0.4) is 0 Å². The van der Waals surface area contributed by atoms with E-state index in [1.165, 1.54) is 12.8 Å². The molecule has 19 heavy (non-hydrogen) atoms. The number of likely N-dealkylation sites (tertiary alicyclic amines) is 1. The molecule has 0 unspecified atom stereocenters. The molecule has 114 valence electrons. The van der Waals surface area contributed by atoms with Crippen LogP contribution in [0.5, 0.6) is 0 Å². The molecule has 0 bridgehead atoms. The summed E-state index contributed by atoms with van der Waals surface area (Å²) in [6.07, 6.45) is 3.34. The van der Waals surface area contributed by atoms with Crippen molar-refractivity contribution in [3.05, 3.63) is 0 Å². The Morgan fingerprint density at radius 3 is 2.42 bits per heavy atom. The van der Waals surface area contributed by atoms with E-state index < -0.39 is 10.0 Å². The van der Waals surface area contributed by atoms with Crippen LogP contribution in [0.25, 0.3) is 0 Å². The van der Waals surface area contributed by atoms with Gasteiger partial charge < -0.3 is 10.2 Å².